The van der Waals surface area contributed by atoms with Crippen LogP contribution in [0.4, 0.5) is 6.01 Å². The van der Waals surface area contributed by atoms with Crippen LogP contribution in [0.25, 0.3) is 0 Å². The first kappa shape index (κ1) is 14.7. The number of aliphatic hydroxyl groups is 1. The molecule has 2 N–H and O–H groups in total. The monoisotopic (exact) mass is 253 g/mol. The lowest BCUT2D eigenvalue weighted by atomic mass is 10.2. The van der Waals surface area contributed by atoms with E-state index in [4.69, 9.17) is 9.52 Å². The van der Waals surface area contributed by atoms with E-state index >= 15 is 0 Å². The molecule has 1 aromatic rings. The highest BCUT2D eigenvalue weighted by molar-refractivity contribution is 5.28. The van der Waals surface area contributed by atoms with Crippen molar-refractivity contribution in [1.82, 2.24) is 10.3 Å². The molecule has 0 fully saturated rings. The number of oxazole rings is 1. The van der Waals surface area contributed by atoms with Crippen LogP contribution in [0.2, 0.25) is 0 Å². The minimum atomic E-state index is 0.0666. The van der Waals surface area contributed by atoms with Crippen LogP contribution >= 0.6 is 0 Å². The summed E-state index contributed by atoms with van der Waals surface area (Å²) < 4.78 is 5.41. The van der Waals surface area contributed by atoms with Gasteiger partial charge in [0.25, 0.3) is 6.01 Å². The lowest BCUT2D eigenvalue weighted by Crippen LogP contribution is -2.27. The van der Waals surface area contributed by atoms with Gasteiger partial charge in [-0.15, -0.1) is 6.58 Å². The molecule has 5 nitrogen and oxygen atoms in total. The zero-order valence-electron chi connectivity index (χ0n) is 11.2. The number of aromatic nitrogens is 1. The lowest BCUT2D eigenvalue weighted by Gasteiger charge is -2.16. The molecular weight excluding hydrogens is 230 g/mol. The molecule has 1 rings (SSSR count). The summed E-state index contributed by atoms with van der Waals surface area (Å²) in [6.07, 6.45) is 3.41. The van der Waals surface area contributed by atoms with Gasteiger partial charge in [0, 0.05) is 19.6 Å². The zero-order chi connectivity index (χ0) is 13.4. The Hall–Kier alpha value is -1.33. The van der Waals surface area contributed by atoms with Crippen LogP contribution in [0.3, 0.4) is 0 Å². The molecule has 0 amide bonds. The Kier molecular flexibility index (Phi) is 6.46. The van der Waals surface area contributed by atoms with Gasteiger partial charge in [0.2, 0.25) is 0 Å². The number of anilines is 1. The fraction of sp³-hybridized carbons (Fsp3) is 0.615. The number of rotatable bonds is 9. The Morgan fingerprint density at radius 3 is 3.00 bits per heavy atom. The van der Waals surface area contributed by atoms with Crippen molar-refractivity contribution in [2.45, 2.75) is 20.4 Å². The van der Waals surface area contributed by atoms with E-state index in [0.29, 0.717) is 31.6 Å². The highest BCUT2D eigenvalue weighted by Gasteiger charge is 2.11. The van der Waals surface area contributed by atoms with Gasteiger partial charge in [-0.05, 0) is 12.5 Å². The van der Waals surface area contributed by atoms with Crippen LogP contribution in [-0.4, -0.2) is 36.3 Å². The smallest absolute Gasteiger partial charge is 0.297 e. The minimum absolute atomic E-state index is 0.0666. The van der Waals surface area contributed by atoms with Crippen LogP contribution in [0.1, 0.15) is 19.5 Å². The lowest BCUT2D eigenvalue weighted by molar-refractivity contribution is 0.300. The van der Waals surface area contributed by atoms with E-state index in [1.807, 2.05) is 4.90 Å². The third-order valence-corrected chi connectivity index (χ3v) is 2.39. The minimum Gasteiger partial charge on any atom is -0.432 e. The maximum absolute atomic E-state index is 8.98. The predicted octanol–water partition coefficient (Wildman–Crippen LogP) is 1.40. The molecule has 0 aliphatic carbocycles. The molecule has 0 unspecified atom stereocenters. The summed E-state index contributed by atoms with van der Waals surface area (Å²) in [7, 11) is 0. The van der Waals surface area contributed by atoms with Crippen molar-refractivity contribution in [2.24, 2.45) is 5.92 Å². The molecule has 1 heterocycles. The van der Waals surface area contributed by atoms with Crippen molar-refractivity contribution in [3.05, 3.63) is 24.6 Å². The maximum atomic E-state index is 8.98. The summed E-state index contributed by atoms with van der Waals surface area (Å²) in [6, 6.07) is 0.533. The molecular formula is C13H23N3O2. The number of nitrogens with one attached hydrogen (secondary N) is 1. The Balaban J connectivity index is 2.51. The highest BCUT2D eigenvalue weighted by atomic mass is 16.4. The van der Waals surface area contributed by atoms with E-state index in [-0.39, 0.29) is 6.61 Å². The largest absolute Gasteiger partial charge is 0.432 e. The van der Waals surface area contributed by atoms with Crippen molar-refractivity contribution in [1.29, 1.82) is 0 Å². The number of hydrogen-bond acceptors (Lipinski definition) is 5. The van der Waals surface area contributed by atoms with Crippen molar-refractivity contribution < 1.29 is 9.52 Å². The Morgan fingerprint density at radius 2 is 2.39 bits per heavy atom. The van der Waals surface area contributed by atoms with Crippen LogP contribution in [0.15, 0.2) is 23.3 Å². The second-order valence-corrected chi connectivity index (χ2v) is 4.60. The fourth-order valence-electron chi connectivity index (χ4n) is 1.55. The molecule has 102 valence electrons. The molecule has 0 atom stereocenters. The van der Waals surface area contributed by atoms with Crippen molar-refractivity contribution in [2.75, 3.05) is 31.1 Å². The van der Waals surface area contributed by atoms with E-state index in [0.717, 1.165) is 12.2 Å². The van der Waals surface area contributed by atoms with Gasteiger partial charge in [-0.1, -0.05) is 19.9 Å². The quantitative estimate of drug-likeness (QED) is 0.651. The summed E-state index contributed by atoms with van der Waals surface area (Å²) in [4.78, 5) is 6.23. The zero-order valence-corrected chi connectivity index (χ0v) is 11.2. The van der Waals surface area contributed by atoms with Crippen molar-refractivity contribution in [3.63, 3.8) is 0 Å². The third kappa shape index (κ3) is 4.89. The van der Waals surface area contributed by atoms with E-state index in [9.17, 15) is 0 Å². The van der Waals surface area contributed by atoms with Crippen LogP contribution in [0, 0.1) is 5.92 Å². The van der Waals surface area contributed by atoms with Gasteiger partial charge in [0.05, 0.1) is 12.3 Å². The summed E-state index contributed by atoms with van der Waals surface area (Å²) >= 11 is 0. The summed E-state index contributed by atoms with van der Waals surface area (Å²) in [5.41, 5.74) is 0.873. The topological polar surface area (TPSA) is 61.5 Å². The van der Waals surface area contributed by atoms with Gasteiger partial charge >= 0.3 is 0 Å². The molecule has 0 aromatic carbocycles. The molecule has 0 radical (unpaired) electrons. The molecule has 0 saturated carbocycles. The van der Waals surface area contributed by atoms with E-state index in [1.165, 1.54) is 0 Å². The molecule has 18 heavy (non-hydrogen) atoms. The molecule has 0 bridgehead atoms. The molecule has 0 aliphatic rings. The predicted molar refractivity (Wildman–Crippen MR) is 72.5 cm³/mol. The van der Waals surface area contributed by atoms with Crippen molar-refractivity contribution >= 4 is 6.01 Å². The molecule has 0 saturated heterocycles. The van der Waals surface area contributed by atoms with Gasteiger partial charge in [0.1, 0.15) is 6.26 Å². The average molecular weight is 253 g/mol. The summed E-state index contributed by atoms with van der Waals surface area (Å²) in [5, 5.41) is 12.3. The van der Waals surface area contributed by atoms with Gasteiger partial charge in [-0.3, -0.25) is 0 Å². The summed E-state index contributed by atoms with van der Waals surface area (Å²) in [6.45, 7) is 10.8. The van der Waals surface area contributed by atoms with Crippen molar-refractivity contribution in [3.8, 4) is 0 Å². The Labute approximate surface area is 109 Å². The van der Waals surface area contributed by atoms with E-state index in [1.54, 1.807) is 12.3 Å². The molecule has 0 spiro atoms. The summed E-state index contributed by atoms with van der Waals surface area (Å²) in [5.74, 6) is 0.614. The van der Waals surface area contributed by atoms with Gasteiger partial charge in [0.15, 0.2) is 0 Å². The van der Waals surface area contributed by atoms with Crippen LogP contribution < -0.4 is 10.2 Å². The van der Waals surface area contributed by atoms with Gasteiger partial charge in [-0.2, -0.15) is 4.98 Å². The number of hydrogen-bond donors (Lipinski definition) is 2. The second-order valence-electron chi connectivity index (χ2n) is 4.60. The molecule has 0 aliphatic heterocycles. The number of aliphatic hydroxyl groups excluding tert-OH is 1. The second kappa shape index (κ2) is 7.89. The maximum Gasteiger partial charge on any atom is 0.297 e. The van der Waals surface area contributed by atoms with E-state index in [2.05, 4.69) is 30.7 Å². The molecule has 5 heteroatoms. The standard InChI is InChI=1S/C13H23N3O2/c1-4-5-16(6-7-17)13-15-12(10-18-13)9-14-8-11(2)3/h4,10-11,14,17H,1,5-9H2,2-3H3. The SMILES string of the molecule is C=CCN(CCO)c1nc(CNCC(C)C)co1. The first-order chi connectivity index (χ1) is 8.67. The average Bonchev–Trinajstić information content (AvgIpc) is 2.77. The Bertz CT molecular complexity index is 350. The van der Waals surface area contributed by atoms with Gasteiger partial charge in [-0.25, -0.2) is 0 Å². The third-order valence-electron chi connectivity index (χ3n) is 2.39. The van der Waals surface area contributed by atoms with Crippen LogP contribution in [-0.2, 0) is 6.54 Å². The van der Waals surface area contributed by atoms with Gasteiger partial charge < -0.3 is 19.7 Å². The van der Waals surface area contributed by atoms with Crippen LogP contribution in [0.5, 0.6) is 0 Å². The normalized spacial score (nSPS) is 10.9. The first-order valence-electron chi connectivity index (χ1n) is 6.29. The first-order valence-corrected chi connectivity index (χ1v) is 6.29. The fourth-order valence-corrected chi connectivity index (χ4v) is 1.55. The Morgan fingerprint density at radius 1 is 1.61 bits per heavy atom. The molecule has 1 aromatic heterocycles. The van der Waals surface area contributed by atoms with E-state index < -0.39 is 0 Å². The highest BCUT2D eigenvalue weighted by Crippen LogP contribution is 2.13. The number of nitrogens with zero attached hydrogens (tertiary/aromatic N) is 2.